The molecular weight excluding hydrogens is 537 g/mol. The van der Waals surface area contributed by atoms with Gasteiger partial charge in [-0.25, -0.2) is 0 Å². The van der Waals surface area contributed by atoms with Crippen molar-refractivity contribution in [3.8, 4) is 11.3 Å². The Labute approximate surface area is 237 Å². The minimum atomic E-state index is -4.42. The molecule has 220 valence electrons. The van der Waals surface area contributed by atoms with Gasteiger partial charge in [0.05, 0.1) is 18.0 Å². The number of halogens is 3. The van der Waals surface area contributed by atoms with Crippen LogP contribution in [0.1, 0.15) is 78.7 Å². The molecule has 1 aromatic heterocycles. The first kappa shape index (κ1) is 30.2. The van der Waals surface area contributed by atoms with Gasteiger partial charge in [0.2, 0.25) is 0 Å². The first-order valence-electron chi connectivity index (χ1n) is 13.9. The van der Waals surface area contributed by atoms with Crippen molar-refractivity contribution in [2.24, 2.45) is 5.92 Å². The monoisotopic (exact) mass is 572 g/mol. The van der Waals surface area contributed by atoms with Crippen molar-refractivity contribution in [2.75, 3.05) is 18.5 Å². The zero-order chi connectivity index (χ0) is 29.4. The number of carboxylic acids is 1. The molecule has 0 aliphatic heterocycles. The minimum Gasteiger partial charge on any atom is -0.481 e. The number of aliphatic carboxylic acids is 1. The second kappa shape index (κ2) is 13.7. The Balaban J connectivity index is 1.61. The van der Waals surface area contributed by atoms with Gasteiger partial charge in [0.15, 0.2) is 0 Å². The summed E-state index contributed by atoms with van der Waals surface area (Å²) >= 11 is 0. The quantitative estimate of drug-likeness (QED) is 0.209. The highest BCUT2D eigenvalue weighted by molar-refractivity contribution is 5.94. The summed E-state index contributed by atoms with van der Waals surface area (Å²) in [5.74, 6) is 0.0551. The maximum atomic E-state index is 13.1. The number of nitrogens with one attached hydrogen (secondary N) is 2. The predicted octanol–water partition coefficient (Wildman–Crippen LogP) is 7.44. The first-order chi connectivity index (χ1) is 19.7. The van der Waals surface area contributed by atoms with Crippen LogP contribution >= 0.6 is 0 Å². The second-order valence-electron chi connectivity index (χ2n) is 10.2. The molecule has 0 radical (unpaired) electrons. The average molecular weight is 573 g/mol. The summed E-state index contributed by atoms with van der Waals surface area (Å²) in [5.41, 5.74) is 1.93. The Morgan fingerprint density at radius 1 is 1.05 bits per heavy atom. The fourth-order valence-corrected chi connectivity index (χ4v) is 5.18. The molecule has 2 aromatic carbocycles. The highest BCUT2D eigenvalue weighted by Gasteiger charge is 2.32. The number of furan rings is 1. The van der Waals surface area contributed by atoms with Crippen LogP contribution in [0.4, 0.5) is 18.9 Å². The van der Waals surface area contributed by atoms with Gasteiger partial charge in [0.1, 0.15) is 18.1 Å². The van der Waals surface area contributed by atoms with Gasteiger partial charge < -0.3 is 24.9 Å². The number of rotatable bonds is 12. The van der Waals surface area contributed by atoms with E-state index in [2.05, 4.69) is 10.6 Å². The molecule has 1 amide bonds. The highest BCUT2D eigenvalue weighted by atomic mass is 19.4. The third-order valence-corrected chi connectivity index (χ3v) is 7.33. The van der Waals surface area contributed by atoms with Crippen molar-refractivity contribution < 1.29 is 37.0 Å². The van der Waals surface area contributed by atoms with Gasteiger partial charge in [-0.1, -0.05) is 31.4 Å². The van der Waals surface area contributed by atoms with E-state index in [1.54, 1.807) is 24.3 Å². The zero-order valence-electron chi connectivity index (χ0n) is 22.9. The molecule has 0 saturated heterocycles. The average Bonchev–Trinajstić information content (AvgIpc) is 3.38. The Bertz CT molecular complexity index is 1300. The molecule has 41 heavy (non-hydrogen) atoms. The number of carbonyl (C=O) groups is 2. The van der Waals surface area contributed by atoms with E-state index in [9.17, 15) is 22.8 Å². The van der Waals surface area contributed by atoms with Gasteiger partial charge in [0, 0.05) is 35.5 Å². The van der Waals surface area contributed by atoms with Crippen molar-refractivity contribution >= 4 is 17.6 Å². The molecule has 1 fully saturated rings. The molecule has 1 aliphatic carbocycles. The molecule has 0 spiro atoms. The number of ether oxygens (including phenoxy) is 1. The Morgan fingerprint density at radius 3 is 2.34 bits per heavy atom. The summed E-state index contributed by atoms with van der Waals surface area (Å²) < 4.78 is 51.2. The van der Waals surface area contributed by atoms with E-state index in [0.29, 0.717) is 35.2 Å². The minimum absolute atomic E-state index is 0.0439. The van der Waals surface area contributed by atoms with Crippen molar-refractivity contribution in [1.82, 2.24) is 5.32 Å². The van der Waals surface area contributed by atoms with Gasteiger partial charge in [-0.3, -0.25) is 9.59 Å². The van der Waals surface area contributed by atoms with E-state index in [1.165, 1.54) is 18.6 Å². The molecule has 1 heterocycles. The number of anilines is 1. The number of alkyl halides is 3. The highest BCUT2D eigenvalue weighted by Crippen LogP contribution is 2.41. The Kier molecular flexibility index (Phi) is 10.1. The van der Waals surface area contributed by atoms with E-state index >= 15 is 0 Å². The number of hydrogen-bond donors (Lipinski definition) is 3. The summed E-state index contributed by atoms with van der Waals surface area (Å²) in [5, 5.41) is 15.0. The van der Waals surface area contributed by atoms with Crippen LogP contribution < -0.4 is 10.6 Å². The van der Waals surface area contributed by atoms with E-state index in [-0.39, 0.29) is 31.5 Å². The van der Waals surface area contributed by atoms with Crippen molar-refractivity contribution in [3.05, 3.63) is 77.0 Å². The lowest BCUT2D eigenvalue weighted by molar-refractivity contribution is -0.138. The molecule has 3 N–H and O–H groups in total. The molecule has 3 aromatic rings. The Morgan fingerprint density at radius 2 is 1.73 bits per heavy atom. The van der Waals surface area contributed by atoms with Crippen molar-refractivity contribution in [1.29, 1.82) is 0 Å². The van der Waals surface area contributed by atoms with Crippen LogP contribution in [0.2, 0.25) is 0 Å². The van der Waals surface area contributed by atoms with Crippen LogP contribution in [-0.4, -0.2) is 30.1 Å². The van der Waals surface area contributed by atoms with Gasteiger partial charge in [-0.05, 0) is 68.1 Å². The van der Waals surface area contributed by atoms with Crippen LogP contribution in [0.15, 0.2) is 59.0 Å². The van der Waals surface area contributed by atoms with E-state index in [4.69, 9.17) is 14.3 Å². The van der Waals surface area contributed by atoms with E-state index in [0.717, 1.165) is 49.1 Å². The summed E-state index contributed by atoms with van der Waals surface area (Å²) in [6.45, 7) is 2.64. The second-order valence-corrected chi connectivity index (χ2v) is 10.2. The van der Waals surface area contributed by atoms with Crippen LogP contribution in [0.5, 0.6) is 0 Å². The SMILES string of the molecule is CCOCc1oc(-c2ccc(C(F)(F)F)cc2)cc1C(Nc1ccc(C(=O)NCCC(=O)O)cc1)C1CCCCC1. The van der Waals surface area contributed by atoms with Gasteiger partial charge in [-0.2, -0.15) is 13.2 Å². The molecule has 4 rings (SSSR count). The van der Waals surface area contributed by atoms with Crippen molar-refractivity contribution in [2.45, 2.75) is 64.3 Å². The normalized spacial score (nSPS) is 14.9. The number of carbonyl (C=O) groups excluding carboxylic acids is 1. The lowest BCUT2D eigenvalue weighted by Crippen LogP contribution is -2.26. The van der Waals surface area contributed by atoms with Crippen LogP contribution in [-0.2, 0) is 22.3 Å². The lowest BCUT2D eigenvalue weighted by atomic mass is 9.81. The largest absolute Gasteiger partial charge is 0.481 e. The fourth-order valence-electron chi connectivity index (χ4n) is 5.18. The fraction of sp³-hybridized carbons (Fsp3) is 0.419. The molecule has 1 saturated carbocycles. The maximum Gasteiger partial charge on any atom is 0.416 e. The predicted molar refractivity (Wildman–Crippen MR) is 148 cm³/mol. The van der Waals surface area contributed by atoms with Crippen molar-refractivity contribution in [3.63, 3.8) is 0 Å². The van der Waals surface area contributed by atoms with Gasteiger partial charge in [0.25, 0.3) is 5.91 Å². The summed E-state index contributed by atoms with van der Waals surface area (Å²) in [7, 11) is 0. The van der Waals surface area contributed by atoms with Crippen LogP contribution in [0.25, 0.3) is 11.3 Å². The topological polar surface area (TPSA) is 101 Å². The zero-order valence-corrected chi connectivity index (χ0v) is 22.9. The first-order valence-corrected chi connectivity index (χ1v) is 13.9. The number of benzene rings is 2. The molecule has 1 aliphatic rings. The molecule has 0 bridgehead atoms. The number of hydrogen-bond acceptors (Lipinski definition) is 5. The molecular formula is C31H35F3N2O5. The van der Waals surface area contributed by atoms with Gasteiger partial charge in [-0.15, -0.1) is 0 Å². The third-order valence-electron chi connectivity index (χ3n) is 7.33. The summed E-state index contributed by atoms with van der Waals surface area (Å²) in [6, 6.07) is 13.7. The Hall–Kier alpha value is -3.79. The van der Waals surface area contributed by atoms with E-state index < -0.39 is 17.7 Å². The number of amides is 1. The summed E-state index contributed by atoms with van der Waals surface area (Å²) in [4.78, 5) is 23.1. The molecule has 7 nitrogen and oxygen atoms in total. The molecule has 1 unspecified atom stereocenters. The van der Waals surface area contributed by atoms with Crippen LogP contribution in [0.3, 0.4) is 0 Å². The van der Waals surface area contributed by atoms with Crippen LogP contribution in [0, 0.1) is 5.92 Å². The smallest absolute Gasteiger partial charge is 0.416 e. The molecule has 1 atom stereocenters. The standard InChI is InChI=1S/C31H35F3N2O5/c1-2-40-19-27-25(18-26(41-27)20-8-12-23(13-9-20)31(32,33)34)29(21-6-4-3-5-7-21)36-24-14-10-22(11-15-24)30(39)35-17-16-28(37)38/h8-15,18,21,29,36H,2-7,16-17,19H2,1H3,(H,35,39)(H,37,38). The van der Waals surface area contributed by atoms with E-state index in [1.807, 2.05) is 13.0 Å². The lowest BCUT2D eigenvalue weighted by Gasteiger charge is -2.32. The summed E-state index contributed by atoms with van der Waals surface area (Å²) in [6.07, 6.45) is 0.816. The third kappa shape index (κ3) is 8.13. The molecule has 10 heteroatoms. The number of carboxylic acid groups (broad SMARTS) is 1. The van der Waals surface area contributed by atoms with Gasteiger partial charge >= 0.3 is 12.1 Å². The maximum absolute atomic E-state index is 13.1.